The zero-order valence-electron chi connectivity index (χ0n) is 8.78. The lowest BCUT2D eigenvalue weighted by Crippen LogP contribution is -2.41. The quantitative estimate of drug-likeness (QED) is 0.627. The summed E-state index contributed by atoms with van der Waals surface area (Å²) in [5, 5.41) is 0. The molecule has 0 saturated carbocycles. The van der Waals surface area contributed by atoms with Crippen LogP contribution in [0.25, 0.3) is 0 Å². The molecule has 0 spiro atoms. The van der Waals surface area contributed by atoms with Crippen molar-refractivity contribution in [2.45, 2.75) is 32.8 Å². The molecule has 1 aliphatic heterocycles. The van der Waals surface area contributed by atoms with Gasteiger partial charge in [-0.05, 0) is 12.3 Å². The van der Waals surface area contributed by atoms with Crippen molar-refractivity contribution in [1.29, 1.82) is 0 Å². The molecule has 14 heavy (non-hydrogen) atoms. The van der Waals surface area contributed by atoms with Gasteiger partial charge in [-0.1, -0.05) is 13.8 Å². The number of rotatable bonds is 2. The molecule has 1 aliphatic rings. The van der Waals surface area contributed by atoms with Crippen LogP contribution in [0.4, 0.5) is 0 Å². The highest BCUT2D eigenvalue weighted by Gasteiger charge is 2.38. The zero-order chi connectivity index (χ0) is 10.7. The van der Waals surface area contributed by atoms with Crippen molar-refractivity contribution in [2.75, 3.05) is 7.11 Å². The molecule has 0 aromatic rings. The summed E-state index contributed by atoms with van der Waals surface area (Å²) in [5.74, 6) is -0.652. The molecule has 1 heterocycles. The first-order valence-electron chi connectivity index (χ1n) is 4.83. The van der Waals surface area contributed by atoms with Gasteiger partial charge in [0.2, 0.25) is 0 Å². The zero-order valence-corrected chi connectivity index (χ0v) is 8.78. The molecule has 1 saturated heterocycles. The van der Waals surface area contributed by atoms with E-state index in [1.54, 1.807) is 0 Å². The molecule has 4 nitrogen and oxygen atoms in total. The fourth-order valence-electron chi connectivity index (χ4n) is 1.73. The van der Waals surface area contributed by atoms with Crippen molar-refractivity contribution in [3.8, 4) is 0 Å². The topological polar surface area (TPSA) is 52.6 Å². The minimum Gasteiger partial charge on any atom is -0.469 e. The van der Waals surface area contributed by atoms with Gasteiger partial charge in [-0.25, -0.2) is 0 Å². The first-order chi connectivity index (χ1) is 6.56. The van der Waals surface area contributed by atoms with E-state index in [-0.39, 0.29) is 29.9 Å². The number of carbonyl (C=O) groups is 2. The summed E-state index contributed by atoms with van der Waals surface area (Å²) in [5.41, 5.74) is 0. The molecule has 0 aromatic carbocycles. The van der Waals surface area contributed by atoms with Crippen molar-refractivity contribution in [1.82, 2.24) is 0 Å². The highest BCUT2D eigenvalue weighted by Crippen LogP contribution is 2.27. The number of methoxy groups -OCH3 is 1. The van der Waals surface area contributed by atoms with Gasteiger partial charge < -0.3 is 9.47 Å². The minimum absolute atomic E-state index is 0.142. The Hall–Kier alpha value is -1.06. The number of hydrogen-bond acceptors (Lipinski definition) is 4. The fraction of sp³-hybridized carbons (Fsp3) is 0.800. The van der Waals surface area contributed by atoms with Gasteiger partial charge in [0, 0.05) is 6.42 Å². The number of ether oxygens (including phenoxy) is 2. The number of cyclic esters (lactones) is 1. The lowest BCUT2D eigenvalue weighted by Gasteiger charge is -2.31. The first-order valence-corrected chi connectivity index (χ1v) is 4.83. The van der Waals surface area contributed by atoms with E-state index in [1.807, 2.05) is 13.8 Å². The van der Waals surface area contributed by atoms with Gasteiger partial charge in [-0.2, -0.15) is 0 Å². The highest BCUT2D eigenvalue weighted by molar-refractivity contribution is 5.77. The van der Waals surface area contributed by atoms with E-state index in [0.29, 0.717) is 12.8 Å². The molecule has 0 bridgehead atoms. The molecule has 0 aromatic heterocycles. The third-order valence-corrected chi connectivity index (χ3v) is 2.48. The maximum Gasteiger partial charge on any atom is 0.312 e. The van der Waals surface area contributed by atoms with Gasteiger partial charge in [0.1, 0.15) is 6.10 Å². The predicted octanol–water partition coefficient (Wildman–Crippen LogP) is 1.14. The van der Waals surface area contributed by atoms with E-state index in [1.165, 1.54) is 7.11 Å². The normalized spacial score (nSPS) is 27.3. The van der Waals surface area contributed by atoms with Gasteiger partial charge in [0.05, 0.1) is 13.0 Å². The van der Waals surface area contributed by atoms with Crippen LogP contribution in [0.1, 0.15) is 26.7 Å². The Morgan fingerprint density at radius 3 is 2.71 bits per heavy atom. The summed E-state index contributed by atoms with van der Waals surface area (Å²) in [6.07, 6.45) is 0.515. The Balaban J connectivity index is 2.72. The third kappa shape index (κ3) is 2.25. The molecule has 1 rings (SSSR count). The summed E-state index contributed by atoms with van der Waals surface area (Å²) in [7, 11) is 1.36. The first kappa shape index (κ1) is 11.0. The molecule has 0 unspecified atom stereocenters. The SMILES string of the molecule is COC(=O)[C@H]1CCC(=O)O[C@H]1C(C)C. The van der Waals surface area contributed by atoms with Gasteiger partial charge >= 0.3 is 11.9 Å². The lowest BCUT2D eigenvalue weighted by molar-refractivity contribution is -0.171. The molecule has 0 radical (unpaired) electrons. The Morgan fingerprint density at radius 2 is 2.21 bits per heavy atom. The van der Waals surface area contributed by atoms with E-state index in [9.17, 15) is 9.59 Å². The van der Waals surface area contributed by atoms with E-state index in [4.69, 9.17) is 4.74 Å². The average Bonchev–Trinajstić information content (AvgIpc) is 2.16. The fourth-order valence-corrected chi connectivity index (χ4v) is 1.73. The largest absolute Gasteiger partial charge is 0.469 e. The van der Waals surface area contributed by atoms with Gasteiger partial charge in [-0.3, -0.25) is 9.59 Å². The second-order valence-corrected chi connectivity index (χ2v) is 3.87. The second kappa shape index (κ2) is 4.44. The van der Waals surface area contributed by atoms with Crippen molar-refractivity contribution >= 4 is 11.9 Å². The minimum atomic E-state index is -0.330. The smallest absolute Gasteiger partial charge is 0.312 e. The van der Waals surface area contributed by atoms with Crippen molar-refractivity contribution in [3.63, 3.8) is 0 Å². The number of hydrogen-bond donors (Lipinski definition) is 0. The maximum absolute atomic E-state index is 11.4. The van der Waals surface area contributed by atoms with Crippen LogP contribution in [0.2, 0.25) is 0 Å². The molecule has 80 valence electrons. The Bertz CT molecular complexity index is 234. The number of esters is 2. The summed E-state index contributed by atoms with van der Waals surface area (Å²) >= 11 is 0. The van der Waals surface area contributed by atoms with Crippen molar-refractivity contribution in [2.24, 2.45) is 11.8 Å². The van der Waals surface area contributed by atoms with Crippen LogP contribution in [0, 0.1) is 11.8 Å². The lowest BCUT2D eigenvalue weighted by atomic mass is 9.87. The average molecular weight is 200 g/mol. The molecule has 0 N–H and O–H groups in total. The summed E-state index contributed by atoms with van der Waals surface area (Å²) in [4.78, 5) is 22.4. The molecule has 0 aliphatic carbocycles. The monoisotopic (exact) mass is 200 g/mol. The van der Waals surface area contributed by atoms with Crippen molar-refractivity contribution in [3.05, 3.63) is 0 Å². The van der Waals surface area contributed by atoms with E-state index in [2.05, 4.69) is 4.74 Å². The van der Waals surface area contributed by atoms with Gasteiger partial charge in [0.25, 0.3) is 0 Å². The maximum atomic E-state index is 11.4. The summed E-state index contributed by atoms with van der Waals surface area (Å²) < 4.78 is 9.82. The van der Waals surface area contributed by atoms with Crippen LogP contribution in [-0.2, 0) is 19.1 Å². The second-order valence-electron chi connectivity index (χ2n) is 3.87. The summed E-state index contributed by atoms with van der Waals surface area (Å²) in [6, 6.07) is 0. The van der Waals surface area contributed by atoms with Crippen LogP contribution in [0.3, 0.4) is 0 Å². The molecule has 2 atom stereocenters. The van der Waals surface area contributed by atoms with E-state index in [0.717, 1.165) is 0 Å². The summed E-state index contributed by atoms with van der Waals surface area (Å²) in [6.45, 7) is 3.86. The van der Waals surface area contributed by atoms with Crippen LogP contribution in [0.15, 0.2) is 0 Å². The molecular formula is C10H16O4. The van der Waals surface area contributed by atoms with E-state index < -0.39 is 0 Å². The molecule has 1 fully saturated rings. The predicted molar refractivity (Wildman–Crippen MR) is 49.5 cm³/mol. The van der Waals surface area contributed by atoms with Crippen LogP contribution in [0.5, 0.6) is 0 Å². The van der Waals surface area contributed by atoms with Gasteiger partial charge in [-0.15, -0.1) is 0 Å². The molecule has 4 heteroatoms. The molecule has 0 amide bonds. The Morgan fingerprint density at radius 1 is 1.57 bits per heavy atom. The standard InChI is InChI=1S/C10H16O4/c1-6(2)9-7(10(12)13-3)4-5-8(11)14-9/h6-7,9H,4-5H2,1-3H3/t7-,9-/m0/s1. The Kier molecular flexibility index (Phi) is 3.49. The molecular weight excluding hydrogens is 184 g/mol. The van der Waals surface area contributed by atoms with Crippen LogP contribution >= 0.6 is 0 Å². The highest BCUT2D eigenvalue weighted by atomic mass is 16.6. The third-order valence-electron chi connectivity index (χ3n) is 2.48. The van der Waals surface area contributed by atoms with Crippen molar-refractivity contribution < 1.29 is 19.1 Å². The van der Waals surface area contributed by atoms with Gasteiger partial charge in [0.15, 0.2) is 0 Å². The Labute approximate surface area is 83.6 Å². The van der Waals surface area contributed by atoms with Crippen LogP contribution in [-0.4, -0.2) is 25.2 Å². The van der Waals surface area contributed by atoms with Crippen LogP contribution < -0.4 is 0 Å². The van der Waals surface area contributed by atoms with E-state index >= 15 is 0 Å². The number of carbonyl (C=O) groups excluding carboxylic acids is 2.